The van der Waals surface area contributed by atoms with Crippen LogP contribution in [-0.2, 0) is 16.8 Å². The molecule has 5 heteroatoms. The van der Waals surface area contributed by atoms with E-state index in [9.17, 15) is 0 Å². The lowest BCUT2D eigenvalue weighted by Crippen LogP contribution is -2.28. The molecular formula is C13H18BrClN2O. The van der Waals surface area contributed by atoms with Gasteiger partial charge in [0.15, 0.2) is 5.82 Å². The minimum absolute atomic E-state index is 0.327. The predicted molar refractivity (Wildman–Crippen MR) is 75.9 cm³/mol. The lowest BCUT2D eigenvalue weighted by atomic mass is 10.0. The largest absolute Gasteiger partial charge is 0.370 e. The number of methoxy groups -OCH3 is 1. The Labute approximate surface area is 121 Å². The summed E-state index contributed by atoms with van der Waals surface area (Å²) >= 11 is 9.66. The second kappa shape index (κ2) is 5.85. The Kier molecular flexibility index (Phi) is 4.62. The molecule has 0 bridgehead atoms. The van der Waals surface area contributed by atoms with Crippen molar-refractivity contribution in [1.29, 1.82) is 0 Å². The van der Waals surface area contributed by atoms with Crippen molar-refractivity contribution in [3.05, 3.63) is 21.1 Å². The van der Waals surface area contributed by atoms with Gasteiger partial charge in [-0.05, 0) is 48.0 Å². The molecule has 0 atom stereocenters. The number of ether oxygens (including phenoxy) is 1. The van der Waals surface area contributed by atoms with E-state index < -0.39 is 0 Å². The van der Waals surface area contributed by atoms with Crippen LogP contribution in [-0.4, -0.2) is 17.1 Å². The fourth-order valence-electron chi connectivity index (χ4n) is 2.53. The van der Waals surface area contributed by atoms with E-state index in [2.05, 4.69) is 32.8 Å². The quantitative estimate of drug-likeness (QED) is 0.772. The minimum atomic E-state index is -0.327. The van der Waals surface area contributed by atoms with Crippen LogP contribution in [0.2, 0.25) is 5.15 Å². The molecule has 1 aliphatic carbocycles. The van der Waals surface area contributed by atoms with Gasteiger partial charge in [-0.15, -0.1) is 0 Å². The molecule has 2 rings (SSSR count). The average Bonchev–Trinajstić information content (AvgIpc) is 2.85. The maximum absolute atomic E-state index is 6.20. The first kappa shape index (κ1) is 14.2. The average molecular weight is 334 g/mol. The van der Waals surface area contributed by atoms with Crippen LogP contribution in [0.4, 0.5) is 0 Å². The Balaban J connectivity index is 2.44. The van der Waals surface area contributed by atoms with Crippen molar-refractivity contribution in [1.82, 2.24) is 9.97 Å². The molecule has 1 aromatic rings. The van der Waals surface area contributed by atoms with Gasteiger partial charge in [-0.3, -0.25) is 0 Å². The Morgan fingerprint density at radius 2 is 2.00 bits per heavy atom. The monoisotopic (exact) mass is 332 g/mol. The lowest BCUT2D eigenvalue weighted by Gasteiger charge is -2.26. The zero-order chi connectivity index (χ0) is 13.2. The number of hydrogen-bond acceptors (Lipinski definition) is 3. The third-order valence-corrected chi connectivity index (χ3v) is 4.91. The third-order valence-electron chi connectivity index (χ3n) is 3.58. The van der Waals surface area contributed by atoms with Crippen molar-refractivity contribution in [2.45, 2.75) is 51.0 Å². The Hall–Kier alpha value is -0.190. The van der Waals surface area contributed by atoms with Crippen molar-refractivity contribution in [3.8, 4) is 0 Å². The fourth-order valence-corrected chi connectivity index (χ4v) is 3.10. The number of rotatable bonds is 4. The highest BCUT2D eigenvalue weighted by Gasteiger charge is 2.39. The van der Waals surface area contributed by atoms with Gasteiger partial charge in [0.1, 0.15) is 10.8 Å². The molecule has 0 aliphatic heterocycles. The van der Waals surface area contributed by atoms with Crippen molar-refractivity contribution in [3.63, 3.8) is 0 Å². The molecule has 0 N–H and O–H groups in total. The van der Waals surface area contributed by atoms with Gasteiger partial charge in [-0.1, -0.05) is 24.9 Å². The van der Waals surface area contributed by atoms with Gasteiger partial charge in [0, 0.05) is 7.11 Å². The highest BCUT2D eigenvalue weighted by molar-refractivity contribution is 9.10. The molecule has 0 saturated heterocycles. The number of hydrogen-bond donors (Lipinski definition) is 0. The molecular weight excluding hydrogens is 316 g/mol. The summed E-state index contributed by atoms with van der Waals surface area (Å²) in [6, 6.07) is 0. The summed E-state index contributed by atoms with van der Waals surface area (Å²) in [5, 5.41) is 0.492. The predicted octanol–water partition coefficient (Wildman–Crippen LogP) is 4.26. The summed E-state index contributed by atoms with van der Waals surface area (Å²) in [4.78, 5) is 9.10. The maximum atomic E-state index is 6.20. The smallest absolute Gasteiger partial charge is 0.162 e. The molecule has 1 aromatic heterocycles. The summed E-state index contributed by atoms with van der Waals surface area (Å²) in [5.41, 5.74) is 0.656. The highest BCUT2D eigenvalue weighted by atomic mass is 79.9. The van der Waals surface area contributed by atoms with Crippen LogP contribution >= 0.6 is 27.5 Å². The third kappa shape index (κ3) is 2.56. The van der Waals surface area contributed by atoms with Crippen LogP contribution in [0.1, 0.15) is 50.5 Å². The first-order chi connectivity index (χ1) is 8.63. The van der Waals surface area contributed by atoms with Gasteiger partial charge >= 0.3 is 0 Å². The Morgan fingerprint density at radius 1 is 1.33 bits per heavy atom. The van der Waals surface area contributed by atoms with Gasteiger partial charge in [-0.2, -0.15) is 0 Å². The first-order valence-corrected chi connectivity index (χ1v) is 7.57. The van der Waals surface area contributed by atoms with Crippen molar-refractivity contribution < 1.29 is 4.74 Å². The summed E-state index contributed by atoms with van der Waals surface area (Å²) in [6.45, 7) is 2.13. The first-order valence-electron chi connectivity index (χ1n) is 6.40. The molecule has 3 nitrogen and oxygen atoms in total. The minimum Gasteiger partial charge on any atom is -0.370 e. The van der Waals surface area contributed by atoms with E-state index in [0.29, 0.717) is 5.15 Å². The maximum Gasteiger partial charge on any atom is 0.162 e. The van der Waals surface area contributed by atoms with Gasteiger partial charge < -0.3 is 4.74 Å². The number of aryl methyl sites for hydroxylation is 1. The molecule has 18 heavy (non-hydrogen) atoms. The zero-order valence-electron chi connectivity index (χ0n) is 10.8. The number of aromatic nitrogens is 2. The van der Waals surface area contributed by atoms with Crippen LogP contribution in [0.25, 0.3) is 0 Å². The SMILES string of the molecule is CCCc1nc(C2(OC)CCCC2)nc(Cl)c1Br. The topological polar surface area (TPSA) is 35.0 Å². The number of nitrogens with zero attached hydrogens (tertiary/aromatic N) is 2. The van der Waals surface area contributed by atoms with E-state index in [1.165, 1.54) is 0 Å². The van der Waals surface area contributed by atoms with Crippen molar-refractivity contribution >= 4 is 27.5 Å². The molecule has 100 valence electrons. The van der Waals surface area contributed by atoms with Crippen LogP contribution in [0.3, 0.4) is 0 Å². The van der Waals surface area contributed by atoms with Crippen molar-refractivity contribution in [2.24, 2.45) is 0 Å². The van der Waals surface area contributed by atoms with E-state index >= 15 is 0 Å². The second-order valence-electron chi connectivity index (χ2n) is 4.75. The molecule has 0 radical (unpaired) electrons. The summed E-state index contributed by atoms with van der Waals surface area (Å²) in [7, 11) is 1.74. The zero-order valence-corrected chi connectivity index (χ0v) is 13.1. The van der Waals surface area contributed by atoms with E-state index in [4.69, 9.17) is 16.3 Å². The van der Waals surface area contributed by atoms with E-state index in [-0.39, 0.29) is 5.60 Å². The second-order valence-corrected chi connectivity index (χ2v) is 5.91. The molecule has 1 saturated carbocycles. The van der Waals surface area contributed by atoms with Crippen LogP contribution in [0.15, 0.2) is 4.47 Å². The standard InChI is InChI=1S/C13H18BrClN2O/c1-3-6-9-10(14)11(15)17-12(16-9)13(18-2)7-4-5-8-13/h3-8H2,1-2H3. The molecule has 0 spiro atoms. The molecule has 1 fully saturated rings. The molecule has 0 unspecified atom stereocenters. The fraction of sp³-hybridized carbons (Fsp3) is 0.692. The Morgan fingerprint density at radius 3 is 2.56 bits per heavy atom. The Bertz CT molecular complexity index is 433. The van der Waals surface area contributed by atoms with Gasteiger partial charge in [0.25, 0.3) is 0 Å². The number of halogens is 2. The van der Waals surface area contributed by atoms with E-state index in [1.54, 1.807) is 7.11 Å². The van der Waals surface area contributed by atoms with Crippen LogP contribution < -0.4 is 0 Å². The normalized spacial score (nSPS) is 18.2. The summed E-state index contributed by atoms with van der Waals surface area (Å²) in [6.07, 6.45) is 6.21. The lowest BCUT2D eigenvalue weighted by molar-refractivity contribution is -0.0165. The highest BCUT2D eigenvalue weighted by Crippen LogP contribution is 2.41. The molecule has 1 heterocycles. The molecule has 1 aliphatic rings. The summed E-state index contributed by atoms with van der Waals surface area (Å²) < 4.78 is 6.53. The van der Waals surface area contributed by atoms with Gasteiger partial charge in [0.05, 0.1) is 10.2 Å². The van der Waals surface area contributed by atoms with Crippen LogP contribution in [0, 0.1) is 0 Å². The van der Waals surface area contributed by atoms with Gasteiger partial charge in [0.2, 0.25) is 0 Å². The van der Waals surface area contributed by atoms with E-state index in [0.717, 1.165) is 54.5 Å². The van der Waals surface area contributed by atoms with Crippen LogP contribution in [0.5, 0.6) is 0 Å². The van der Waals surface area contributed by atoms with Gasteiger partial charge in [-0.25, -0.2) is 9.97 Å². The van der Waals surface area contributed by atoms with Crippen molar-refractivity contribution in [2.75, 3.05) is 7.11 Å². The molecule has 0 aromatic carbocycles. The molecule has 0 amide bonds. The van der Waals surface area contributed by atoms with E-state index in [1.807, 2.05) is 0 Å². The summed E-state index contributed by atoms with van der Waals surface area (Å²) in [5.74, 6) is 0.749.